The van der Waals surface area contributed by atoms with E-state index in [1.165, 1.54) is 98.5 Å². The van der Waals surface area contributed by atoms with Crippen LogP contribution in [0.5, 0.6) is 0 Å². The van der Waals surface area contributed by atoms with Crippen LogP contribution in [0.1, 0.15) is 25.0 Å². The van der Waals surface area contributed by atoms with E-state index in [9.17, 15) is 0 Å². The summed E-state index contributed by atoms with van der Waals surface area (Å²) in [5.41, 5.74) is 16.8. The molecule has 13 rings (SSSR count). The summed E-state index contributed by atoms with van der Waals surface area (Å²) >= 11 is 0. The van der Waals surface area contributed by atoms with Crippen LogP contribution >= 0.6 is 0 Å². The summed E-state index contributed by atoms with van der Waals surface area (Å²) < 4.78 is 4.86. The van der Waals surface area contributed by atoms with Crippen molar-refractivity contribution in [2.24, 2.45) is 0 Å². The van der Waals surface area contributed by atoms with E-state index >= 15 is 0 Å². The quantitative estimate of drug-likeness (QED) is 0.163. The summed E-state index contributed by atoms with van der Waals surface area (Å²) in [6.07, 6.45) is 1.92. The lowest BCUT2D eigenvalue weighted by Crippen LogP contribution is -2.14. The summed E-state index contributed by atoms with van der Waals surface area (Å²) in [5, 5.41) is 9.76. The van der Waals surface area contributed by atoms with Gasteiger partial charge in [-0.25, -0.2) is 0 Å². The standard InChI is InChI=1S/C58H39N3/c1-58(2)49-20-8-3-15-39(49)40-29-26-36(33-50(40)58)56-45-30-27-38(61-54-24-11-6-18-43(54)44-19-7-12-25-55(44)61)35-48(45)57(51-21-13-14-32-59-51)46-31-28-37(34-47(46)56)60-52-22-9-4-16-41(52)42-17-5-10-23-53(42)60/h3-35H,1-2H3. The van der Waals surface area contributed by atoms with Gasteiger partial charge in [-0.3, -0.25) is 4.98 Å². The number of para-hydroxylation sites is 4. The van der Waals surface area contributed by atoms with E-state index in [1.807, 2.05) is 12.3 Å². The van der Waals surface area contributed by atoms with E-state index in [1.54, 1.807) is 0 Å². The average molecular weight is 778 g/mol. The Morgan fingerprint density at radius 3 is 1.39 bits per heavy atom. The molecule has 9 aromatic carbocycles. The van der Waals surface area contributed by atoms with Crippen LogP contribution in [0.25, 0.3) is 110 Å². The van der Waals surface area contributed by atoms with Crippen LogP contribution in [-0.4, -0.2) is 14.1 Å². The molecule has 0 unspecified atom stereocenters. The van der Waals surface area contributed by atoms with Crippen molar-refractivity contribution in [2.45, 2.75) is 19.3 Å². The molecule has 0 radical (unpaired) electrons. The monoisotopic (exact) mass is 777 g/mol. The third kappa shape index (κ3) is 4.77. The van der Waals surface area contributed by atoms with E-state index < -0.39 is 0 Å². The Hall–Kier alpha value is -7.75. The minimum atomic E-state index is -0.140. The van der Waals surface area contributed by atoms with Gasteiger partial charge < -0.3 is 9.13 Å². The highest BCUT2D eigenvalue weighted by atomic mass is 15.0. The average Bonchev–Trinajstić information content (AvgIpc) is 3.91. The number of aromatic nitrogens is 3. The van der Waals surface area contributed by atoms with Crippen LogP contribution in [0.2, 0.25) is 0 Å². The largest absolute Gasteiger partial charge is 0.309 e. The van der Waals surface area contributed by atoms with Crippen LogP contribution in [0.15, 0.2) is 200 Å². The zero-order valence-corrected chi connectivity index (χ0v) is 33.9. The maximum absolute atomic E-state index is 5.08. The zero-order chi connectivity index (χ0) is 40.4. The molecule has 0 spiro atoms. The van der Waals surface area contributed by atoms with Gasteiger partial charge in [-0.1, -0.05) is 141 Å². The van der Waals surface area contributed by atoms with E-state index in [2.05, 4.69) is 211 Å². The van der Waals surface area contributed by atoms with Gasteiger partial charge >= 0.3 is 0 Å². The van der Waals surface area contributed by atoms with Crippen LogP contribution in [-0.2, 0) is 5.41 Å². The SMILES string of the molecule is CC1(C)c2ccccc2-c2ccc(-c3c4cc(-n5c6ccccc6c6ccccc65)ccc4c(-c4ccccn4)c4cc(-n5c6ccccc6c6ccccc65)ccc34)cc21. The summed E-state index contributed by atoms with van der Waals surface area (Å²) in [7, 11) is 0. The number of hydrogen-bond donors (Lipinski definition) is 0. The first-order chi connectivity index (χ1) is 30.0. The first-order valence-electron chi connectivity index (χ1n) is 21.2. The molecule has 0 atom stereocenters. The molecule has 1 aliphatic carbocycles. The molecule has 0 saturated heterocycles. The second-order valence-electron chi connectivity index (χ2n) is 17.1. The van der Waals surface area contributed by atoms with Gasteiger partial charge in [0.05, 0.1) is 27.8 Å². The summed E-state index contributed by atoms with van der Waals surface area (Å²) in [6.45, 7) is 4.75. The van der Waals surface area contributed by atoms with Crippen LogP contribution in [0, 0.1) is 0 Å². The van der Waals surface area contributed by atoms with Gasteiger partial charge in [0.1, 0.15) is 0 Å². The topological polar surface area (TPSA) is 22.8 Å². The minimum absolute atomic E-state index is 0.140. The third-order valence-electron chi connectivity index (χ3n) is 13.6. The predicted octanol–water partition coefficient (Wildman–Crippen LogP) is 15.2. The smallest absolute Gasteiger partial charge is 0.0714 e. The second-order valence-corrected chi connectivity index (χ2v) is 17.1. The summed E-state index contributed by atoms with van der Waals surface area (Å²) in [5.74, 6) is 0. The minimum Gasteiger partial charge on any atom is -0.309 e. The molecule has 0 aliphatic heterocycles. The summed E-state index contributed by atoms with van der Waals surface area (Å²) in [6, 6.07) is 71.7. The van der Waals surface area contributed by atoms with Crippen LogP contribution < -0.4 is 0 Å². The highest BCUT2D eigenvalue weighted by Gasteiger charge is 2.35. The number of pyridine rings is 1. The van der Waals surface area contributed by atoms with E-state index in [0.29, 0.717) is 0 Å². The number of nitrogens with zero attached hydrogens (tertiary/aromatic N) is 3. The lowest BCUT2D eigenvalue weighted by Gasteiger charge is -2.23. The van der Waals surface area contributed by atoms with E-state index in [4.69, 9.17) is 4.98 Å². The van der Waals surface area contributed by atoms with E-state index in [-0.39, 0.29) is 5.41 Å². The molecule has 3 heterocycles. The maximum atomic E-state index is 5.08. The highest BCUT2D eigenvalue weighted by molar-refractivity contribution is 6.22. The second kappa shape index (κ2) is 12.6. The molecule has 1 aliphatic rings. The first kappa shape index (κ1) is 34.1. The highest BCUT2D eigenvalue weighted by Crippen LogP contribution is 2.52. The molecule has 0 saturated carbocycles. The van der Waals surface area contributed by atoms with Gasteiger partial charge in [-0.15, -0.1) is 0 Å². The van der Waals surface area contributed by atoms with Crippen molar-refractivity contribution >= 4 is 65.2 Å². The zero-order valence-electron chi connectivity index (χ0n) is 33.9. The Kier molecular flexibility index (Phi) is 7.07. The number of rotatable bonds is 4. The van der Waals surface area contributed by atoms with Gasteiger partial charge in [0.2, 0.25) is 0 Å². The Morgan fingerprint density at radius 2 is 0.836 bits per heavy atom. The molecule has 61 heavy (non-hydrogen) atoms. The Bertz CT molecular complexity index is 3680. The van der Waals surface area contributed by atoms with Crippen LogP contribution in [0.4, 0.5) is 0 Å². The van der Waals surface area contributed by atoms with Crippen molar-refractivity contribution in [1.82, 2.24) is 14.1 Å². The van der Waals surface area contributed by atoms with Crippen molar-refractivity contribution in [3.63, 3.8) is 0 Å². The van der Waals surface area contributed by atoms with Crippen LogP contribution in [0.3, 0.4) is 0 Å². The fourth-order valence-corrected chi connectivity index (χ4v) is 10.8. The van der Waals surface area contributed by atoms with Gasteiger partial charge in [-0.2, -0.15) is 0 Å². The van der Waals surface area contributed by atoms with Gasteiger partial charge in [-0.05, 0) is 122 Å². The molecule has 3 heteroatoms. The molecule has 3 nitrogen and oxygen atoms in total. The van der Waals surface area contributed by atoms with Gasteiger partial charge in [0.15, 0.2) is 0 Å². The fourth-order valence-electron chi connectivity index (χ4n) is 10.8. The van der Waals surface area contributed by atoms with Gasteiger partial charge in [0.25, 0.3) is 0 Å². The third-order valence-corrected chi connectivity index (χ3v) is 13.6. The van der Waals surface area contributed by atoms with Crippen molar-refractivity contribution in [1.29, 1.82) is 0 Å². The molecule has 0 N–H and O–H groups in total. The fraction of sp³-hybridized carbons (Fsp3) is 0.0517. The molecule has 286 valence electrons. The summed E-state index contributed by atoms with van der Waals surface area (Å²) in [4.78, 5) is 5.08. The maximum Gasteiger partial charge on any atom is 0.0714 e. The van der Waals surface area contributed by atoms with Crippen molar-refractivity contribution in [3.05, 3.63) is 211 Å². The molecule has 0 bridgehead atoms. The lowest BCUT2D eigenvalue weighted by atomic mass is 9.80. The molecule has 3 aromatic heterocycles. The molecular formula is C58H39N3. The number of hydrogen-bond acceptors (Lipinski definition) is 1. The van der Waals surface area contributed by atoms with Crippen molar-refractivity contribution in [3.8, 4) is 44.9 Å². The van der Waals surface area contributed by atoms with Crippen molar-refractivity contribution < 1.29 is 0 Å². The molecular weight excluding hydrogens is 739 g/mol. The lowest BCUT2D eigenvalue weighted by molar-refractivity contribution is 0.660. The Labute approximate surface area is 353 Å². The van der Waals surface area contributed by atoms with Gasteiger partial charge in [0, 0.05) is 50.1 Å². The van der Waals surface area contributed by atoms with Crippen molar-refractivity contribution in [2.75, 3.05) is 0 Å². The molecule has 0 amide bonds. The first-order valence-corrected chi connectivity index (χ1v) is 21.2. The number of fused-ring (bicyclic) bond motifs is 11. The number of benzene rings is 9. The van der Waals surface area contributed by atoms with E-state index in [0.717, 1.165) is 22.6 Å². The predicted molar refractivity (Wildman–Crippen MR) is 256 cm³/mol. The molecule has 12 aromatic rings. The molecule has 0 fully saturated rings. The Balaban J connectivity index is 1.17. The Morgan fingerprint density at radius 1 is 0.361 bits per heavy atom. The normalized spacial score (nSPS) is 13.2.